The van der Waals surface area contributed by atoms with E-state index < -0.39 is 0 Å². The number of hydrogen-bond donors (Lipinski definition) is 1. The van der Waals surface area contributed by atoms with E-state index in [-0.39, 0.29) is 0 Å². The molecule has 0 saturated carbocycles. The minimum Gasteiger partial charge on any atom is -0.316 e. The lowest BCUT2D eigenvalue weighted by Gasteiger charge is -2.38. The van der Waals surface area contributed by atoms with Crippen molar-refractivity contribution in [3.63, 3.8) is 0 Å². The Morgan fingerprint density at radius 2 is 1.65 bits per heavy atom. The van der Waals surface area contributed by atoms with Gasteiger partial charge in [-0.15, -0.1) is 0 Å². The second kappa shape index (κ2) is 8.06. The Hall–Kier alpha value is -0.120. The van der Waals surface area contributed by atoms with Gasteiger partial charge in [0.05, 0.1) is 0 Å². The van der Waals surface area contributed by atoms with E-state index >= 15 is 0 Å². The summed E-state index contributed by atoms with van der Waals surface area (Å²) in [5.41, 5.74) is 0. The van der Waals surface area contributed by atoms with E-state index in [9.17, 15) is 0 Å². The molecular formula is C14H31N3. The molecule has 3 heteroatoms. The van der Waals surface area contributed by atoms with Crippen LogP contribution in [0.5, 0.6) is 0 Å². The van der Waals surface area contributed by atoms with Crippen molar-refractivity contribution in [2.24, 2.45) is 5.92 Å². The van der Waals surface area contributed by atoms with Crippen LogP contribution in [0.4, 0.5) is 0 Å². The summed E-state index contributed by atoms with van der Waals surface area (Å²) in [7, 11) is 0. The Labute approximate surface area is 108 Å². The van der Waals surface area contributed by atoms with Crippen molar-refractivity contribution in [2.75, 3.05) is 45.8 Å². The number of piperazine rings is 1. The quantitative estimate of drug-likeness (QED) is 0.807. The number of nitrogens with zero attached hydrogens (tertiary/aromatic N) is 2. The normalized spacial score (nSPS) is 23.1. The summed E-state index contributed by atoms with van der Waals surface area (Å²) < 4.78 is 0. The van der Waals surface area contributed by atoms with Gasteiger partial charge in [-0.25, -0.2) is 0 Å². The molecule has 0 atom stereocenters. The third-order valence-electron chi connectivity index (χ3n) is 3.86. The zero-order valence-corrected chi connectivity index (χ0v) is 12.2. The average Bonchev–Trinajstić information content (AvgIpc) is 2.30. The van der Waals surface area contributed by atoms with Crippen molar-refractivity contribution in [1.29, 1.82) is 0 Å². The summed E-state index contributed by atoms with van der Waals surface area (Å²) in [5.74, 6) is 0.966. The van der Waals surface area contributed by atoms with Gasteiger partial charge >= 0.3 is 0 Å². The van der Waals surface area contributed by atoms with Crippen LogP contribution in [0.15, 0.2) is 0 Å². The van der Waals surface area contributed by atoms with E-state index in [1.807, 2.05) is 13.8 Å². The molecule has 17 heavy (non-hydrogen) atoms. The summed E-state index contributed by atoms with van der Waals surface area (Å²) in [4.78, 5) is 5.22. The second-order valence-corrected chi connectivity index (χ2v) is 5.28. The minimum absolute atomic E-state index is 0.725. The average molecular weight is 241 g/mol. The van der Waals surface area contributed by atoms with Crippen molar-refractivity contribution < 1.29 is 0 Å². The fourth-order valence-electron chi connectivity index (χ4n) is 2.42. The lowest BCUT2D eigenvalue weighted by atomic mass is 9.99. The highest BCUT2D eigenvalue weighted by Crippen LogP contribution is 2.11. The summed E-state index contributed by atoms with van der Waals surface area (Å²) in [5, 5.41) is 3.34. The molecule has 0 unspecified atom stereocenters. The van der Waals surface area contributed by atoms with E-state index in [0.29, 0.717) is 0 Å². The minimum atomic E-state index is 0.725. The van der Waals surface area contributed by atoms with Gasteiger partial charge in [-0.1, -0.05) is 13.8 Å². The van der Waals surface area contributed by atoms with E-state index in [4.69, 9.17) is 0 Å². The fourth-order valence-corrected chi connectivity index (χ4v) is 2.42. The number of nitrogens with one attached hydrogen (secondary N) is 1. The van der Waals surface area contributed by atoms with Crippen LogP contribution in [-0.4, -0.2) is 61.7 Å². The smallest absolute Gasteiger partial charge is 0.0113 e. The van der Waals surface area contributed by atoms with Crippen molar-refractivity contribution in [3.05, 3.63) is 0 Å². The van der Waals surface area contributed by atoms with Crippen LogP contribution in [0.25, 0.3) is 0 Å². The predicted octanol–water partition coefficient (Wildman–Crippen LogP) is 1.65. The Morgan fingerprint density at radius 1 is 1.06 bits per heavy atom. The molecule has 0 amide bonds. The maximum absolute atomic E-state index is 3.34. The van der Waals surface area contributed by atoms with E-state index in [1.54, 1.807) is 0 Å². The van der Waals surface area contributed by atoms with E-state index in [2.05, 4.69) is 29.0 Å². The standard InChI is InChI=1S/C12H25N3.C2H6/c1-11(2)15-7-5-14(6-8-15)4-3-12-9-13-10-12;1-2/h11-13H,3-10H2,1-2H3;1-2H3. The summed E-state index contributed by atoms with van der Waals surface area (Å²) in [6.07, 6.45) is 1.40. The summed E-state index contributed by atoms with van der Waals surface area (Å²) in [6, 6.07) is 0.725. The van der Waals surface area contributed by atoms with Crippen LogP contribution in [0.2, 0.25) is 0 Å². The Morgan fingerprint density at radius 3 is 2.06 bits per heavy atom. The molecular weight excluding hydrogens is 210 g/mol. The Balaban J connectivity index is 0.000000686. The molecule has 0 aliphatic carbocycles. The van der Waals surface area contributed by atoms with Crippen molar-refractivity contribution >= 4 is 0 Å². The highest BCUT2D eigenvalue weighted by atomic mass is 15.3. The molecule has 2 aliphatic heterocycles. The van der Waals surface area contributed by atoms with E-state index in [1.165, 1.54) is 52.2 Å². The van der Waals surface area contributed by atoms with Gasteiger partial charge in [-0.05, 0) is 45.8 Å². The first-order chi connectivity index (χ1) is 8.25. The van der Waals surface area contributed by atoms with Crippen LogP contribution in [0.3, 0.4) is 0 Å². The Kier molecular flexibility index (Phi) is 7.09. The monoisotopic (exact) mass is 241 g/mol. The van der Waals surface area contributed by atoms with Crippen molar-refractivity contribution in [1.82, 2.24) is 15.1 Å². The molecule has 2 fully saturated rings. The second-order valence-electron chi connectivity index (χ2n) is 5.28. The van der Waals surface area contributed by atoms with Gasteiger partial charge in [0, 0.05) is 32.2 Å². The van der Waals surface area contributed by atoms with Gasteiger partial charge in [0.25, 0.3) is 0 Å². The molecule has 2 saturated heterocycles. The van der Waals surface area contributed by atoms with Crippen LogP contribution in [0.1, 0.15) is 34.1 Å². The molecule has 0 aromatic carbocycles. The fraction of sp³-hybridized carbons (Fsp3) is 1.00. The molecule has 0 radical (unpaired) electrons. The van der Waals surface area contributed by atoms with Crippen LogP contribution >= 0.6 is 0 Å². The van der Waals surface area contributed by atoms with Gasteiger partial charge in [-0.3, -0.25) is 4.90 Å². The topological polar surface area (TPSA) is 18.5 Å². The van der Waals surface area contributed by atoms with Gasteiger partial charge in [0.2, 0.25) is 0 Å². The van der Waals surface area contributed by atoms with Gasteiger partial charge in [-0.2, -0.15) is 0 Å². The molecule has 0 spiro atoms. The lowest BCUT2D eigenvalue weighted by molar-refractivity contribution is 0.101. The molecule has 2 aliphatic rings. The zero-order chi connectivity index (χ0) is 12.7. The lowest BCUT2D eigenvalue weighted by Crippen LogP contribution is -2.50. The molecule has 0 aromatic heterocycles. The highest BCUT2D eigenvalue weighted by Gasteiger charge is 2.21. The SMILES string of the molecule is CC.CC(C)N1CCN(CCC2CNC2)CC1. The molecule has 0 bridgehead atoms. The molecule has 0 aromatic rings. The largest absolute Gasteiger partial charge is 0.316 e. The molecule has 2 rings (SSSR count). The molecule has 3 nitrogen and oxygen atoms in total. The Bertz CT molecular complexity index is 182. The summed E-state index contributed by atoms with van der Waals surface area (Å²) >= 11 is 0. The van der Waals surface area contributed by atoms with Crippen LogP contribution in [-0.2, 0) is 0 Å². The first-order valence-corrected chi connectivity index (χ1v) is 7.43. The summed E-state index contributed by atoms with van der Waals surface area (Å²) in [6.45, 7) is 17.5. The molecule has 2 heterocycles. The van der Waals surface area contributed by atoms with Crippen LogP contribution < -0.4 is 5.32 Å². The molecule has 102 valence electrons. The van der Waals surface area contributed by atoms with E-state index in [0.717, 1.165) is 12.0 Å². The number of rotatable bonds is 4. The van der Waals surface area contributed by atoms with Gasteiger partial charge < -0.3 is 10.2 Å². The maximum Gasteiger partial charge on any atom is 0.0113 e. The predicted molar refractivity (Wildman–Crippen MR) is 75.5 cm³/mol. The van der Waals surface area contributed by atoms with Crippen molar-refractivity contribution in [3.8, 4) is 0 Å². The van der Waals surface area contributed by atoms with Gasteiger partial charge in [0.1, 0.15) is 0 Å². The van der Waals surface area contributed by atoms with Gasteiger partial charge in [0.15, 0.2) is 0 Å². The molecule has 1 N–H and O–H groups in total. The van der Waals surface area contributed by atoms with Crippen LogP contribution in [0, 0.1) is 5.92 Å². The highest BCUT2D eigenvalue weighted by molar-refractivity contribution is 4.78. The number of hydrogen-bond acceptors (Lipinski definition) is 3. The third kappa shape index (κ3) is 4.94. The maximum atomic E-state index is 3.34. The zero-order valence-electron chi connectivity index (χ0n) is 12.2. The first kappa shape index (κ1) is 14.9. The third-order valence-corrected chi connectivity index (χ3v) is 3.86. The van der Waals surface area contributed by atoms with Crippen molar-refractivity contribution in [2.45, 2.75) is 40.2 Å². The first-order valence-electron chi connectivity index (χ1n) is 7.43.